The van der Waals surface area contributed by atoms with Gasteiger partial charge in [0.2, 0.25) is 5.89 Å². The average Bonchev–Trinajstić information content (AvgIpc) is 2.98. The summed E-state index contributed by atoms with van der Waals surface area (Å²) in [6.07, 6.45) is 1.76. The summed E-state index contributed by atoms with van der Waals surface area (Å²) in [5.41, 5.74) is 1.95. The zero-order valence-corrected chi connectivity index (χ0v) is 13.7. The third-order valence-electron chi connectivity index (χ3n) is 3.89. The number of methoxy groups -OCH3 is 1. The lowest BCUT2D eigenvalue weighted by Gasteiger charge is -2.33. The molecule has 0 spiro atoms. The molecule has 2 aromatic rings. The largest absolute Gasteiger partial charge is 0.497 e. The van der Waals surface area contributed by atoms with Crippen LogP contribution in [0.15, 0.2) is 34.9 Å². The van der Waals surface area contributed by atoms with Crippen molar-refractivity contribution in [2.24, 2.45) is 0 Å². The molecule has 1 aromatic carbocycles. The number of halogens is 1. The van der Waals surface area contributed by atoms with E-state index in [4.69, 9.17) is 9.15 Å². The van der Waals surface area contributed by atoms with Gasteiger partial charge in [0.15, 0.2) is 0 Å². The number of piperazine rings is 1. The molecule has 2 heterocycles. The van der Waals surface area contributed by atoms with Gasteiger partial charge >= 0.3 is 0 Å². The summed E-state index contributed by atoms with van der Waals surface area (Å²) in [5.74, 6) is 1.50. The number of hydrogen-bond acceptors (Lipinski definition) is 5. The molecule has 1 aliphatic heterocycles. The maximum atomic E-state index is 5.61. The second-order valence-corrected chi connectivity index (χ2v) is 5.40. The normalized spacial score (nSPS) is 18.7. The Hall–Kier alpha value is -1.56. The molecule has 5 nitrogen and oxygen atoms in total. The molecule has 1 N–H and O–H groups in total. The number of rotatable bonds is 4. The Morgan fingerprint density at radius 3 is 2.82 bits per heavy atom. The Bertz CT molecular complexity index is 585. The van der Waals surface area contributed by atoms with E-state index >= 15 is 0 Å². The number of nitrogens with zero attached hydrogens (tertiary/aromatic N) is 2. The van der Waals surface area contributed by atoms with Gasteiger partial charge in [-0.15, -0.1) is 12.4 Å². The zero-order chi connectivity index (χ0) is 14.7. The summed E-state index contributed by atoms with van der Waals surface area (Å²) in [6, 6.07) is 8.28. The van der Waals surface area contributed by atoms with Crippen molar-refractivity contribution < 1.29 is 9.15 Å². The van der Waals surface area contributed by atoms with Crippen molar-refractivity contribution in [1.29, 1.82) is 0 Å². The molecule has 1 aromatic heterocycles. The minimum atomic E-state index is 0. The molecule has 1 saturated heterocycles. The van der Waals surface area contributed by atoms with Crippen LogP contribution < -0.4 is 10.1 Å². The van der Waals surface area contributed by atoms with E-state index in [-0.39, 0.29) is 12.4 Å². The molecular weight excluding hydrogens is 302 g/mol. The SMILES string of the molecule is COc1ccc(-c2nc(CN3CCNC[C@H]3C)co2)cc1.Cl. The van der Waals surface area contributed by atoms with Gasteiger partial charge < -0.3 is 14.5 Å². The predicted octanol–water partition coefficient (Wildman–Crippen LogP) is 2.57. The van der Waals surface area contributed by atoms with Gasteiger partial charge in [0.1, 0.15) is 12.0 Å². The number of ether oxygens (including phenoxy) is 1. The van der Waals surface area contributed by atoms with Crippen molar-refractivity contribution in [2.45, 2.75) is 19.5 Å². The highest BCUT2D eigenvalue weighted by Gasteiger charge is 2.19. The summed E-state index contributed by atoms with van der Waals surface area (Å²) >= 11 is 0. The third-order valence-corrected chi connectivity index (χ3v) is 3.89. The summed E-state index contributed by atoms with van der Waals surface area (Å²) < 4.78 is 10.8. The van der Waals surface area contributed by atoms with E-state index in [2.05, 4.69) is 22.1 Å². The summed E-state index contributed by atoms with van der Waals surface area (Å²) in [4.78, 5) is 7.02. The minimum absolute atomic E-state index is 0. The molecule has 0 unspecified atom stereocenters. The van der Waals surface area contributed by atoms with Gasteiger partial charge in [-0.1, -0.05) is 0 Å². The molecule has 6 heteroatoms. The van der Waals surface area contributed by atoms with Crippen LogP contribution in [-0.2, 0) is 6.54 Å². The van der Waals surface area contributed by atoms with Crippen LogP contribution in [0.25, 0.3) is 11.5 Å². The highest BCUT2D eigenvalue weighted by Crippen LogP contribution is 2.22. The predicted molar refractivity (Wildman–Crippen MR) is 88.5 cm³/mol. The first-order valence-corrected chi connectivity index (χ1v) is 7.30. The number of benzene rings is 1. The van der Waals surface area contributed by atoms with Gasteiger partial charge in [0.25, 0.3) is 0 Å². The lowest BCUT2D eigenvalue weighted by Crippen LogP contribution is -2.49. The van der Waals surface area contributed by atoms with Crippen molar-refractivity contribution in [3.8, 4) is 17.2 Å². The molecule has 3 rings (SSSR count). The van der Waals surface area contributed by atoms with E-state index in [1.165, 1.54) is 0 Å². The van der Waals surface area contributed by atoms with Crippen molar-refractivity contribution in [1.82, 2.24) is 15.2 Å². The Labute approximate surface area is 137 Å². The van der Waals surface area contributed by atoms with Crippen LogP contribution in [0, 0.1) is 0 Å². The van der Waals surface area contributed by atoms with Crippen LogP contribution in [-0.4, -0.2) is 42.7 Å². The fraction of sp³-hybridized carbons (Fsp3) is 0.438. The first-order chi connectivity index (χ1) is 10.3. The maximum absolute atomic E-state index is 5.61. The van der Waals surface area contributed by atoms with Gasteiger partial charge in [0, 0.05) is 37.8 Å². The lowest BCUT2D eigenvalue weighted by molar-refractivity contribution is 0.163. The molecule has 1 aliphatic rings. The lowest BCUT2D eigenvalue weighted by atomic mass is 10.2. The number of nitrogens with one attached hydrogen (secondary N) is 1. The first-order valence-electron chi connectivity index (χ1n) is 7.30. The van der Waals surface area contributed by atoms with E-state index in [1.807, 2.05) is 24.3 Å². The standard InChI is InChI=1S/C16H21N3O2.ClH/c1-12-9-17-7-8-19(12)10-14-11-21-16(18-14)13-3-5-15(20-2)6-4-13;/h3-6,11-12,17H,7-10H2,1-2H3;1H/t12-;/m1./s1. The van der Waals surface area contributed by atoms with Gasteiger partial charge in [-0.25, -0.2) is 4.98 Å². The Balaban J connectivity index is 0.00000176. The van der Waals surface area contributed by atoms with E-state index in [1.54, 1.807) is 13.4 Å². The Kier molecular flexibility index (Phi) is 5.83. The van der Waals surface area contributed by atoms with Crippen LogP contribution in [0.4, 0.5) is 0 Å². The molecule has 1 fully saturated rings. The van der Waals surface area contributed by atoms with Crippen LogP contribution in [0.1, 0.15) is 12.6 Å². The van der Waals surface area contributed by atoms with Gasteiger partial charge in [-0.2, -0.15) is 0 Å². The Morgan fingerprint density at radius 2 is 2.14 bits per heavy atom. The van der Waals surface area contributed by atoms with E-state index in [0.717, 1.165) is 43.2 Å². The van der Waals surface area contributed by atoms with Gasteiger partial charge in [-0.3, -0.25) is 4.90 Å². The van der Waals surface area contributed by atoms with Crippen LogP contribution in [0.5, 0.6) is 5.75 Å². The van der Waals surface area contributed by atoms with Crippen molar-refractivity contribution >= 4 is 12.4 Å². The summed E-state index contributed by atoms with van der Waals surface area (Å²) in [6.45, 7) is 6.18. The quantitative estimate of drug-likeness (QED) is 0.937. The smallest absolute Gasteiger partial charge is 0.226 e. The number of oxazole rings is 1. The molecule has 0 amide bonds. The number of aromatic nitrogens is 1. The topological polar surface area (TPSA) is 50.5 Å². The van der Waals surface area contributed by atoms with Crippen LogP contribution in [0.2, 0.25) is 0 Å². The van der Waals surface area contributed by atoms with E-state index in [9.17, 15) is 0 Å². The Morgan fingerprint density at radius 1 is 1.36 bits per heavy atom. The highest BCUT2D eigenvalue weighted by molar-refractivity contribution is 5.85. The van der Waals surface area contributed by atoms with Crippen molar-refractivity contribution in [3.05, 3.63) is 36.2 Å². The maximum Gasteiger partial charge on any atom is 0.226 e. The fourth-order valence-electron chi connectivity index (χ4n) is 2.57. The summed E-state index contributed by atoms with van der Waals surface area (Å²) in [7, 11) is 1.66. The second kappa shape index (κ2) is 7.63. The molecule has 22 heavy (non-hydrogen) atoms. The van der Waals surface area contributed by atoms with Crippen LogP contribution >= 0.6 is 12.4 Å². The molecule has 0 radical (unpaired) electrons. The first kappa shape index (κ1) is 16.8. The summed E-state index contributed by atoms with van der Waals surface area (Å²) in [5, 5.41) is 3.39. The molecule has 1 atom stereocenters. The second-order valence-electron chi connectivity index (χ2n) is 5.40. The average molecular weight is 324 g/mol. The van der Waals surface area contributed by atoms with Crippen LogP contribution in [0.3, 0.4) is 0 Å². The molecule has 0 saturated carbocycles. The highest BCUT2D eigenvalue weighted by atomic mass is 35.5. The minimum Gasteiger partial charge on any atom is -0.497 e. The molecule has 0 bridgehead atoms. The van der Waals surface area contributed by atoms with Gasteiger partial charge in [-0.05, 0) is 31.2 Å². The van der Waals surface area contributed by atoms with Crippen molar-refractivity contribution in [3.63, 3.8) is 0 Å². The van der Waals surface area contributed by atoms with Gasteiger partial charge in [0.05, 0.1) is 12.8 Å². The molecule has 120 valence electrons. The molecular formula is C16H22ClN3O2. The fourth-order valence-corrected chi connectivity index (χ4v) is 2.57. The van der Waals surface area contributed by atoms with E-state index < -0.39 is 0 Å². The molecule has 0 aliphatic carbocycles. The van der Waals surface area contributed by atoms with E-state index in [0.29, 0.717) is 11.9 Å². The number of hydrogen-bond donors (Lipinski definition) is 1. The monoisotopic (exact) mass is 323 g/mol. The van der Waals surface area contributed by atoms with Crippen molar-refractivity contribution in [2.75, 3.05) is 26.7 Å². The third kappa shape index (κ3) is 3.80. The zero-order valence-electron chi connectivity index (χ0n) is 12.9.